The van der Waals surface area contributed by atoms with Crippen molar-refractivity contribution in [3.63, 3.8) is 0 Å². The molecule has 0 radical (unpaired) electrons. The normalized spacial score (nSPS) is 11.1. The SMILES string of the molecule is CC(C)CNCc1ccc(Sc2ncccc2Br)c(F)c1. The zero-order valence-corrected chi connectivity index (χ0v) is 14.5. The van der Waals surface area contributed by atoms with Crippen molar-refractivity contribution in [2.75, 3.05) is 6.54 Å². The van der Waals surface area contributed by atoms with E-state index in [9.17, 15) is 4.39 Å². The first-order valence-corrected chi connectivity index (χ1v) is 8.44. The molecule has 0 atom stereocenters. The standard InChI is InChI=1S/C16H18BrFN2S/c1-11(2)9-19-10-12-5-6-15(14(18)8-12)21-16-13(17)4-3-7-20-16/h3-8,11,19H,9-10H2,1-2H3. The molecule has 1 heterocycles. The third-order valence-electron chi connectivity index (χ3n) is 2.81. The topological polar surface area (TPSA) is 24.9 Å². The van der Waals surface area contributed by atoms with Crippen molar-refractivity contribution in [2.45, 2.75) is 30.3 Å². The fourth-order valence-electron chi connectivity index (χ4n) is 1.79. The van der Waals surface area contributed by atoms with E-state index in [1.54, 1.807) is 12.3 Å². The summed E-state index contributed by atoms with van der Waals surface area (Å²) in [4.78, 5) is 4.83. The minimum atomic E-state index is -0.207. The van der Waals surface area contributed by atoms with Gasteiger partial charge in [-0.25, -0.2) is 9.37 Å². The lowest BCUT2D eigenvalue weighted by Crippen LogP contribution is -2.18. The smallest absolute Gasteiger partial charge is 0.137 e. The molecule has 0 spiro atoms. The molecule has 0 saturated carbocycles. The van der Waals surface area contributed by atoms with Gasteiger partial charge in [-0.2, -0.15) is 0 Å². The van der Waals surface area contributed by atoms with Gasteiger partial charge in [0, 0.05) is 17.6 Å². The summed E-state index contributed by atoms with van der Waals surface area (Å²) in [5.41, 5.74) is 0.956. The molecule has 2 nitrogen and oxygen atoms in total. The molecule has 5 heteroatoms. The van der Waals surface area contributed by atoms with Crippen LogP contribution in [0.1, 0.15) is 19.4 Å². The quantitative estimate of drug-likeness (QED) is 0.786. The predicted octanol–water partition coefficient (Wildman–Crippen LogP) is 4.88. The summed E-state index contributed by atoms with van der Waals surface area (Å²) in [6.45, 7) is 5.92. The van der Waals surface area contributed by atoms with Crippen LogP contribution in [-0.4, -0.2) is 11.5 Å². The Balaban J connectivity index is 2.04. The molecule has 0 saturated heterocycles. The third kappa shape index (κ3) is 5.09. The van der Waals surface area contributed by atoms with Crippen molar-refractivity contribution in [2.24, 2.45) is 5.92 Å². The molecule has 0 fully saturated rings. The van der Waals surface area contributed by atoms with Gasteiger partial charge in [-0.1, -0.05) is 31.7 Å². The van der Waals surface area contributed by atoms with Crippen LogP contribution >= 0.6 is 27.7 Å². The molecule has 2 rings (SSSR count). The number of halogens is 2. The molecule has 0 aliphatic heterocycles. The van der Waals surface area contributed by atoms with Gasteiger partial charge in [-0.15, -0.1) is 0 Å². The highest BCUT2D eigenvalue weighted by atomic mass is 79.9. The molecular weight excluding hydrogens is 351 g/mol. The fraction of sp³-hybridized carbons (Fsp3) is 0.312. The van der Waals surface area contributed by atoms with Crippen LogP contribution in [0, 0.1) is 11.7 Å². The average Bonchev–Trinajstić information content (AvgIpc) is 2.43. The Morgan fingerprint density at radius 3 is 2.81 bits per heavy atom. The molecule has 0 unspecified atom stereocenters. The van der Waals surface area contributed by atoms with Crippen LogP contribution in [0.3, 0.4) is 0 Å². The summed E-state index contributed by atoms with van der Waals surface area (Å²) < 4.78 is 15.0. The number of aromatic nitrogens is 1. The maximum absolute atomic E-state index is 14.2. The summed E-state index contributed by atoms with van der Waals surface area (Å²) in [5.74, 6) is 0.382. The Labute approximate surface area is 137 Å². The van der Waals surface area contributed by atoms with Gasteiger partial charge in [0.05, 0.1) is 4.47 Å². The van der Waals surface area contributed by atoms with Gasteiger partial charge in [-0.3, -0.25) is 0 Å². The Hall–Kier alpha value is -0.910. The van der Waals surface area contributed by atoms with E-state index in [-0.39, 0.29) is 5.82 Å². The molecule has 0 aliphatic carbocycles. The first kappa shape index (κ1) is 16.5. The van der Waals surface area contributed by atoms with Crippen LogP contribution in [0.2, 0.25) is 0 Å². The Kier molecular flexibility index (Phi) is 6.21. The van der Waals surface area contributed by atoms with E-state index in [2.05, 4.69) is 40.1 Å². The second-order valence-electron chi connectivity index (χ2n) is 5.18. The molecule has 1 aromatic heterocycles. The molecule has 1 N–H and O–H groups in total. The van der Waals surface area contributed by atoms with E-state index in [0.717, 1.165) is 21.6 Å². The Bertz CT molecular complexity index is 605. The van der Waals surface area contributed by atoms with Crippen molar-refractivity contribution in [1.82, 2.24) is 10.3 Å². The predicted molar refractivity (Wildman–Crippen MR) is 89.0 cm³/mol. The van der Waals surface area contributed by atoms with Crippen molar-refractivity contribution in [1.29, 1.82) is 0 Å². The van der Waals surface area contributed by atoms with Crippen molar-refractivity contribution in [3.05, 3.63) is 52.4 Å². The summed E-state index contributed by atoms with van der Waals surface area (Å²) in [6, 6.07) is 9.10. The van der Waals surface area contributed by atoms with Crippen LogP contribution in [-0.2, 0) is 6.54 Å². The minimum Gasteiger partial charge on any atom is -0.312 e. The highest BCUT2D eigenvalue weighted by Crippen LogP contribution is 2.33. The molecular formula is C16H18BrFN2S. The van der Waals surface area contributed by atoms with E-state index in [4.69, 9.17) is 0 Å². The molecule has 112 valence electrons. The number of hydrogen-bond donors (Lipinski definition) is 1. The lowest BCUT2D eigenvalue weighted by Gasteiger charge is -2.09. The van der Waals surface area contributed by atoms with E-state index in [1.807, 2.05) is 24.3 Å². The van der Waals surface area contributed by atoms with E-state index in [0.29, 0.717) is 17.4 Å². The van der Waals surface area contributed by atoms with Gasteiger partial charge in [0.1, 0.15) is 10.8 Å². The number of rotatable bonds is 6. The zero-order chi connectivity index (χ0) is 15.2. The van der Waals surface area contributed by atoms with Gasteiger partial charge in [0.15, 0.2) is 0 Å². The van der Waals surface area contributed by atoms with Crippen molar-refractivity contribution < 1.29 is 4.39 Å². The van der Waals surface area contributed by atoms with E-state index < -0.39 is 0 Å². The number of benzene rings is 1. The maximum Gasteiger partial charge on any atom is 0.137 e. The fourth-order valence-corrected chi connectivity index (χ4v) is 3.07. The second kappa shape index (κ2) is 7.92. The monoisotopic (exact) mass is 368 g/mol. The average molecular weight is 369 g/mol. The first-order chi connectivity index (χ1) is 10.1. The number of nitrogens with zero attached hydrogens (tertiary/aromatic N) is 1. The number of nitrogens with one attached hydrogen (secondary N) is 1. The lowest BCUT2D eigenvalue weighted by molar-refractivity contribution is 0.548. The van der Waals surface area contributed by atoms with Gasteiger partial charge in [0.25, 0.3) is 0 Å². The minimum absolute atomic E-state index is 0.207. The zero-order valence-electron chi connectivity index (χ0n) is 12.1. The summed E-state index contributed by atoms with van der Waals surface area (Å²) in [5, 5.41) is 4.08. The maximum atomic E-state index is 14.2. The molecule has 1 aromatic carbocycles. The second-order valence-corrected chi connectivity index (χ2v) is 7.07. The van der Waals surface area contributed by atoms with Gasteiger partial charge in [0.2, 0.25) is 0 Å². The van der Waals surface area contributed by atoms with Crippen LogP contribution in [0.25, 0.3) is 0 Å². The van der Waals surface area contributed by atoms with E-state index >= 15 is 0 Å². The Morgan fingerprint density at radius 1 is 1.33 bits per heavy atom. The molecule has 0 aliphatic rings. The summed E-state index contributed by atoms with van der Waals surface area (Å²) in [7, 11) is 0. The molecule has 21 heavy (non-hydrogen) atoms. The van der Waals surface area contributed by atoms with Gasteiger partial charge < -0.3 is 5.32 Å². The van der Waals surface area contributed by atoms with Gasteiger partial charge >= 0.3 is 0 Å². The van der Waals surface area contributed by atoms with Crippen LogP contribution in [0.15, 0.2) is 50.9 Å². The summed E-state index contributed by atoms with van der Waals surface area (Å²) >= 11 is 4.75. The van der Waals surface area contributed by atoms with Crippen molar-refractivity contribution in [3.8, 4) is 0 Å². The first-order valence-electron chi connectivity index (χ1n) is 6.84. The number of pyridine rings is 1. The highest BCUT2D eigenvalue weighted by Gasteiger charge is 2.09. The van der Waals surface area contributed by atoms with Crippen LogP contribution in [0.4, 0.5) is 4.39 Å². The van der Waals surface area contributed by atoms with Crippen molar-refractivity contribution >= 4 is 27.7 Å². The largest absolute Gasteiger partial charge is 0.312 e. The summed E-state index contributed by atoms with van der Waals surface area (Å²) in [6.07, 6.45) is 1.70. The van der Waals surface area contributed by atoms with E-state index in [1.165, 1.54) is 11.8 Å². The highest BCUT2D eigenvalue weighted by molar-refractivity contribution is 9.10. The Morgan fingerprint density at radius 2 is 2.14 bits per heavy atom. The molecule has 0 bridgehead atoms. The molecule has 0 amide bonds. The van der Waals surface area contributed by atoms with Crippen LogP contribution in [0.5, 0.6) is 0 Å². The lowest BCUT2D eigenvalue weighted by atomic mass is 10.2. The molecule has 2 aromatic rings. The third-order valence-corrected chi connectivity index (χ3v) is 4.78. The van der Waals surface area contributed by atoms with Gasteiger partial charge in [-0.05, 0) is 58.2 Å². The number of hydrogen-bond acceptors (Lipinski definition) is 3. The van der Waals surface area contributed by atoms with Crippen LogP contribution < -0.4 is 5.32 Å².